The lowest BCUT2D eigenvalue weighted by Crippen LogP contribution is -2.38. The molecular weight excluding hydrogens is 439 g/mol. The number of fused-ring (bicyclic) bond motifs is 1. The summed E-state index contributed by atoms with van der Waals surface area (Å²) in [6.45, 7) is 2.18. The smallest absolute Gasteiger partial charge is 0.270 e. The second kappa shape index (κ2) is 8.52. The summed E-state index contributed by atoms with van der Waals surface area (Å²) in [6.07, 6.45) is 1.19. The van der Waals surface area contributed by atoms with E-state index in [-0.39, 0.29) is 11.4 Å². The molecule has 160 valence electrons. The molecule has 0 amide bonds. The van der Waals surface area contributed by atoms with Gasteiger partial charge in [0, 0.05) is 6.20 Å². The number of thiophene rings is 1. The minimum Gasteiger partial charge on any atom is -0.492 e. The molecule has 9 heteroatoms. The predicted molar refractivity (Wildman–Crippen MR) is 119 cm³/mol. The third kappa shape index (κ3) is 4.06. The van der Waals surface area contributed by atoms with Crippen molar-refractivity contribution in [1.82, 2.24) is 0 Å². The van der Waals surface area contributed by atoms with Gasteiger partial charge < -0.3 is 10.1 Å². The van der Waals surface area contributed by atoms with Crippen LogP contribution in [-0.4, -0.2) is 20.8 Å². The van der Waals surface area contributed by atoms with Crippen LogP contribution in [-0.2, 0) is 16.6 Å². The van der Waals surface area contributed by atoms with Crippen molar-refractivity contribution in [1.29, 1.82) is 0 Å². The number of Topliss-reactive ketones (excluding diaryl/α,β-unsaturated/α-hetero) is 1. The van der Waals surface area contributed by atoms with Gasteiger partial charge in [-0.05, 0) is 48.2 Å². The summed E-state index contributed by atoms with van der Waals surface area (Å²) in [7, 11) is -4.18. The van der Waals surface area contributed by atoms with E-state index in [2.05, 4.69) is 5.32 Å². The van der Waals surface area contributed by atoms with Crippen molar-refractivity contribution in [3.63, 3.8) is 0 Å². The van der Waals surface area contributed by atoms with Crippen molar-refractivity contribution in [2.45, 2.75) is 13.5 Å². The molecule has 0 saturated carbocycles. The Balaban J connectivity index is 1.74. The standard InChI is InChI=1S/C22H19FN2O4S2/c1-2-29-19-9-4-3-8-17(19)24-13-20-21(26)22-18(10-11-30-22)25(31(20,27)28)14-15-6-5-7-16(23)12-15/h3-13,24H,2,14H2,1H3. The first-order valence-electron chi connectivity index (χ1n) is 9.49. The van der Waals surface area contributed by atoms with E-state index in [1.165, 1.54) is 35.7 Å². The Morgan fingerprint density at radius 3 is 2.74 bits per heavy atom. The maximum Gasteiger partial charge on any atom is 0.270 e. The lowest BCUT2D eigenvalue weighted by molar-refractivity contribution is 0.104. The van der Waals surface area contributed by atoms with Crippen molar-refractivity contribution < 1.29 is 22.3 Å². The van der Waals surface area contributed by atoms with E-state index >= 15 is 0 Å². The largest absolute Gasteiger partial charge is 0.492 e. The van der Waals surface area contributed by atoms with Crippen LogP contribution in [0.3, 0.4) is 0 Å². The van der Waals surface area contributed by atoms with Crippen molar-refractivity contribution in [2.75, 3.05) is 16.2 Å². The first-order valence-corrected chi connectivity index (χ1v) is 11.8. The Morgan fingerprint density at radius 2 is 1.97 bits per heavy atom. The molecule has 6 nitrogen and oxygen atoms in total. The predicted octanol–water partition coefficient (Wildman–Crippen LogP) is 4.77. The molecular formula is C22H19FN2O4S2. The minimum absolute atomic E-state index is 0.0933. The number of nitrogens with zero attached hydrogens (tertiary/aromatic N) is 1. The van der Waals surface area contributed by atoms with E-state index in [9.17, 15) is 17.6 Å². The number of ketones is 1. The Morgan fingerprint density at radius 1 is 1.16 bits per heavy atom. The van der Waals surface area contributed by atoms with Gasteiger partial charge in [-0.3, -0.25) is 9.10 Å². The molecule has 2 heterocycles. The van der Waals surface area contributed by atoms with Gasteiger partial charge in [-0.15, -0.1) is 11.3 Å². The zero-order valence-electron chi connectivity index (χ0n) is 16.5. The van der Waals surface area contributed by atoms with Crippen molar-refractivity contribution >= 4 is 38.5 Å². The van der Waals surface area contributed by atoms with Gasteiger partial charge in [0.2, 0.25) is 5.78 Å². The van der Waals surface area contributed by atoms with Crippen LogP contribution in [0.2, 0.25) is 0 Å². The van der Waals surface area contributed by atoms with Crippen LogP contribution in [0.25, 0.3) is 0 Å². The third-order valence-electron chi connectivity index (χ3n) is 4.67. The van der Waals surface area contributed by atoms with E-state index in [0.29, 0.717) is 34.2 Å². The molecule has 0 saturated heterocycles. The van der Waals surface area contributed by atoms with Crippen LogP contribution in [0.5, 0.6) is 5.75 Å². The van der Waals surface area contributed by atoms with E-state index < -0.39 is 21.6 Å². The molecule has 1 aliphatic rings. The summed E-state index contributed by atoms with van der Waals surface area (Å²) in [6, 6.07) is 14.3. The summed E-state index contributed by atoms with van der Waals surface area (Å²) >= 11 is 1.17. The second-order valence-corrected chi connectivity index (χ2v) is 9.43. The average molecular weight is 459 g/mol. The first-order chi connectivity index (χ1) is 14.9. The number of anilines is 2. The average Bonchev–Trinajstić information content (AvgIpc) is 3.22. The highest BCUT2D eigenvalue weighted by molar-refractivity contribution is 7.97. The number of sulfonamides is 1. The fourth-order valence-electron chi connectivity index (χ4n) is 3.27. The quantitative estimate of drug-likeness (QED) is 0.539. The van der Waals surface area contributed by atoms with Gasteiger partial charge in [0.1, 0.15) is 16.4 Å². The van der Waals surface area contributed by atoms with Gasteiger partial charge in [-0.2, -0.15) is 0 Å². The number of para-hydroxylation sites is 2. The number of hydrogen-bond donors (Lipinski definition) is 1. The summed E-state index contributed by atoms with van der Waals surface area (Å²) in [4.78, 5) is 12.9. The maximum atomic E-state index is 13.6. The molecule has 31 heavy (non-hydrogen) atoms. The number of carbonyl (C=O) groups excluding carboxylic acids is 1. The van der Waals surface area contributed by atoms with E-state index in [1.807, 2.05) is 6.92 Å². The third-order valence-corrected chi connectivity index (χ3v) is 7.34. The SMILES string of the molecule is CCOc1ccccc1NC=C1C(=O)c2sccc2N(Cc2cccc(F)c2)S1(=O)=O. The number of nitrogens with one attached hydrogen (secondary N) is 1. The molecule has 0 fully saturated rings. The fourth-order valence-corrected chi connectivity index (χ4v) is 5.75. The minimum atomic E-state index is -4.18. The van der Waals surface area contributed by atoms with Crippen molar-refractivity contribution in [3.8, 4) is 5.75 Å². The van der Waals surface area contributed by atoms with Crippen LogP contribution >= 0.6 is 11.3 Å². The molecule has 1 aliphatic heterocycles. The Kier molecular flexibility index (Phi) is 5.79. The second-order valence-electron chi connectivity index (χ2n) is 6.69. The summed E-state index contributed by atoms with van der Waals surface area (Å²) in [5.41, 5.74) is 1.31. The molecule has 0 aliphatic carbocycles. The van der Waals surface area contributed by atoms with Crippen LogP contribution in [0.1, 0.15) is 22.2 Å². The highest BCUT2D eigenvalue weighted by Crippen LogP contribution is 2.39. The molecule has 0 radical (unpaired) electrons. The van der Waals surface area contributed by atoms with Gasteiger partial charge in [-0.25, -0.2) is 12.8 Å². The van der Waals surface area contributed by atoms with Crippen LogP contribution in [0, 0.1) is 5.82 Å². The maximum absolute atomic E-state index is 13.6. The van der Waals surface area contributed by atoms with Crippen molar-refractivity contribution in [3.05, 3.63) is 87.3 Å². The van der Waals surface area contributed by atoms with Crippen LogP contribution in [0.4, 0.5) is 15.8 Å². The van der Waals surface area contributed by atoms with Gasteiger partial charge in [0.15, 0.2) is 4.91 Å². The van der Waals surface area contributed by atoms with Gasteiger partial charge in [-0.1, -0.05) is 24.3 Å². The highest BCUT2D eigenvalue weighted by Gasteiger charge is 2.41. The normalized spacial score (nSPS) is 16.3. The molecule has 0 atom stereocenters. The van der Waals surface area contributed by atoms with Crippen LogP contribution in [0.15, 0.2) is 71.1 Å². The van der Waals surface area contributed by atoms with Crippen LogP contribution < -0.4 is 14.4 Å². The highest BCUT2D eigenvalue weighted by atomic mass is 32.2. The van der Waals surface area contributed by atoms with E-state index in [0.717, 1.165) is 4.31 Å². The number of benzene rings is 2. The molecule has 2 aromatic carbocycles. The van der Waals surface area contributed by atoms with E-state index in [4.69, 9.17) is 4.74 Å². The molecule has 0 spiro atoms. The van der Waals surface area contributed by atoms with Gasteiger partial charge >= 0.3 is 0 Å². The molecule has 3 aromatic rings. The summed E-state index contributed by atoms with van der Waals surface area (Å²) < 4.78 is 47.1. The Labute approximate surface area is 183 Å². The monoisotopic (exact) mass is 458 g/mol. The Bertz CT molecular complexity index is 1270. The number of carbonyl (C=O) groups is 1. The zero-order valence-corrected chi connectivity index (χ0v) is 18.2. The molecule has 1 N–H and O–H groups in total. The summed E-state index contributed by atoms with van der Waals surface area (Å²) in [5.74, 6) is -0.503. The lowest BCUT2D eigenvalue weighted by atomic mass is 10.2. The molecule has 0 unspecified atom stereocenters. The number of hydrogen-bond acceptors (Lipinski definition) is 6. The van der Waals surface area contributed by atoms with Gasteiger partial charge in [0.25, 0.3) is 10.0 Å². The number of ether oxygens (including phenoxy) is 1. The summed E-state index contributed by atoms with van der Waals surface area (Å²) in [5, 5.41) is 4.57. The van der Waals surface area contributed by atoms with Crippen molar-refractivity contribution in [2.24, 2.45) is 0 Å². The number of halogens is 1. The Hall–Kier alpha value is -3.17. The number of allylic oxidation sites excluding steroid dienone is 1. The lowest BCUT2D eigenvalue weighted by Gasteiger charge is -2.29. The van der Waals surface area contributed by atoms with Gasteiger partial charge in [0.05, 0.1) is 24.5 Å². The zero-order chi connectivity index (χ0) is 22.0. The molecule has 4 rings (SSSR count). The topological polar surface area (TPSA) is 75.7 Å². The molecule has 1 aromatic heterocycles. The fraction of sp³-hybridized carbons (Fsp3) is 0.136. The van der Waals surface area contributed by atoms with E-state index in [1.54, 1.807) is 41.8 Å². The first kappa shape index (κ1) is 21.1. The molecule has 0 bridgehead atoms. The number of rotatable bonds is 6.